The molecular formula is C46H36Cl4F2O2S. The fourth-order valence-electron chi connectivity index (χ4n) is 6.29. The van der Waals surface area contributed by atoms with Gasteiger partial charge in [0.25, 0.3) is 0 Å². The molecule has 2 aliphatic carbocycles. The topological polar surface area (TPSA) is 34.1 Å². The van der Waals surface area contributed by atoms with E-state index in [9.17, 15) is 8.42 Å². The van der Waals surface area contributed by atoms with Crippen molar-refractivity contribution in [2.75, 3.05) is 11.5 Å². The highest BCUT2D eigenvalue weighted by atomic mass is 35.5. The SMILES string of the molecule is O=S(=O)(CC1C=CC(F)(/C=C/c2ccccc2Cl)C=C1/C=C/c1ccccc1Cl)CC1C=CC(F)(/C=C/c2ccccc2Cl)C=C1/C=C/c1ccccc1Cl. The Morgan fingerprint density at radius 1 is 0.491 bits per heavy atom. The lowest BCUT2D eigenvalue weighted by Crippen LogP contribution is -2.29. The first-order chi connectivity index (χ1) is 26.3. The summed E-state index contributed by atoms with van der Waals surface area (Å²) in [6.45, 7) is 0. The lowest BCUT2D eigenvalue weighted by Gasteiger charge is -2.27. The molecule has 4 aromatic carbocycles. The second kappa shape index (κ2) is 17.7. The Kier molecular flexibility index (Phi) is 13.0. The van der Waals surface area contributed by atoms with Crippen molar-refractivity contribution < 1.29 is 17.2 Å². The monoisotopic (exact) mass is 830 g/mol. The van der Waals surface area contributed by atoms with Crippen molar-refractivity contribution in [3.63, 3.8) is 0 Å². The van der Waals surface area contributed by atoms with Gasteiger partial charge in [-0.25, -0.2) is 17.2 Å². The molecule has 6 rings (SSSR count). The number of alkyl halides is 2. The first-order valence-corrected chi connectivity index (χ1v) is 20.8. The van der Waals surface area contributed by atoms with Gasteiger partial charge in [0.1, 0.15) is 0 Å². The van der Waals surface area contributed by atoms with Crippen LogP contribution in [0.4, 0.5) is 8.78 Å². The van der Waals surface area contributed by atoms with Gasteiger partial charge in [-0.3, -0.25) is 0 Å². The van der Waals surface area contributed by atoms with E-state index in [4.69, 9.17) is 46.4 Å². The van der Waals surface area contributed by atoms with Crippen LogP contribution in [0.25, 0.3) is 24.3 Å². The van der Waals surface area contributed by atoms with Gasteiger partial charge in [0, 0.05) is 31.9 Å². The van der Waals surface area contributed by atoms with E-state index in [-0.39, 0.29) is 11.5 Å². The maximum atomic E-state index is 16.4. The molecule has 0 aromatic heterocycles. The van der Waals surface area contributed by atoms with Crippen LogP contribution in [0.2, 0.25) is 20.1 Å². The summed E-state index contributed by atoms with van der Waals surface area (Å²) in [7, 11) is -3.85. The van der Waals surface area contributed by atoms with Crippen LogP contribution in [0.1, 0.15) is 22.3 Å². The zero-order valence-electron chi connectivity index (χ0n) is 29.4. The molecule has 0 saturated carbocycles. The van der Waals surface area contributed by atoms with E-state index < -0.39 is 33.0 Å². The minimum absolute atomic E-state index is 0.314. The van der Waals surface area contributed by atoms with Crippen LogP contribution >= 0.6 is 46.4 Å². The average Bonchev–Trinajstić information content (AvgIpc) is 3.15. The minimum Gasteiger partial charge on any atom is -0.230 e. The van der Waals surface area contributed by atoms with Gasteiger partial charge in [0.05, 0.1) is 11.5 Å². The number of hydrogen-bond acceptors (Lipinski definition) is 2. The second-order valence-electron chi connectivity index (χ2n) is 13.4. The van der Waals surface area contributed by atoms with Crippen molar-refractivity contribution in [1.29, 1.82) is 0 Å². The second-order valence-corrected chi connectivity index (χ2v) is 17.2. The average molecular weight is 833 g/mol. The zero-order chi connectivity index (χ0) is 39.1. The molecule has 0 spiro atoms. The number of allylic oxidation sites excluding steroid dienone is 12. The molecule has 0 fully saturated rings. The van der Waals surface area contributed by atoms with E-state index in [1.54, 1.807) is 121 Å². The quantitative estimate of drug-likeness (QED) is 0.133. The van der Waals surface area contributed by atoms with E-state index in [1.807, 2.05) is 24.3 Å². The first-order valence-electron chi connectivity index (χ1n) is 17.5. The molecule has 0 N–H and O–H groups in total. The molecule has 55 heavy (non-hydrogen) atoms. The van der Waals surface area contributed by atoms with Gasteiger partial charge in [-0.2, -0.15) is 0 Å². The van der Waals surface area contributed by atoms with Crippen molar-refractivity contribution in [3.8, 4) is 0 Å². The Labute approximate surface area is 341 Å². The van der Waals surface area contributed by atoms with Crippen LogP contribution in [-0.2, 0) is 9.84 Å². The third-order valence-corrected chi connectivity index (χ3v) is 12.3. The summed E-state index contributed by atoms with van der Waals surface area (Å²) in [4.78, 5) is 0. The molecule has 0 amide bonds. The summed E-state index contributed by atoms with van der Waals surface area (Å²) >= 11 is 25.4. The van der Waals surface area contributed by atoms with Crippen molar-refractivity contribution in [3.05, 3.63) is 211 Å². The van der Waals surface area contributed by atoms with Gasteiger partial charge in [0.2, 0.25) is 0 Å². The third kappa shape index (κ3) is 11.0. The predicted octanol–water partition coefficient (Wildman–Crippen LogP) is 13.5. The van der Waals surface area contributed by atoms with Crippen LogP contribution in [0, 0.1) is 11.8 Å². The Bertz CT molecular complexity index is 2250. The van der Waals surface area contributed by atoms with Gasteiger partial charge < -0.3 is 0 Å². The zero-order valence-corrected chi connectivity index (χ0v) is 33.2. The lowest BCUT2D eigenvalue weighted by atomic mass is 9.86. The molecule has 0 aliphatic heterocycles. The normalized spacial score (nSPS) is 22.9. The number of sulfone groups is 1. The van der Waals surface area contributed by atoms with Gasteiger partial charge >= 0.3 is 0 Å². The van der Waals surface area contributed by atoms with E-state index in [0.717, 1.165) is 0 Å². The van der Waals surface area contributed by atoms with E-state index in [0.29, 0.717) is 53.5 Å². The fourth-order valence-corrected chi connectivity index (χ4v) is 8.92. The largest absolute Gasteiger partial charge is 0.230 e. The van der Waals surface area contributed by atoms with Crippen molar-refractivity contribution in [2.24, 2.45) is 11.8 Å². The Morgan fingerprint density at radius 3 is 1.13 bits per heavy atom. The number of halogens is 6. The van der Waals surface area contributed by atoms with Crippen LogP contribution < -0.4 is 0 Å². The minimum atomic E-state index is -3.85. The summed E-state index contributed by atoms with van der Waals surface area (Å²) in [5.41, 5.74) is -0.446. The molecule has 4 aromatic rings. The highest BCUT2D eigenvalue weighted by Crippen LogP contribution is 2.36. The summed E-state index contributed by atoms with van der Waals surface area (Å²) < 4.78 is 61.0. The highest BCUT2D eigenvalue weighted by Gasteiger charge is 2.33. The van der Waals surface area contributed by atoms with E-state index in [1.165, 1.54) is 36.5 Å². The maximum absolute atomic E-state index is 16.4. The molecule has 280 valence electrons. The predicted molar refractivity (Wildman–Crippen MR) is 230 cm³/mol. The highest BCUT2D eigenvalue weighted by molar-refractivity contribution is 7.91. The smallest absolute Gasteiger partial charge is 0.166 e. The Morgan fingerprint density at radius 2 is 0.800 bits per heavy atom. The molecular weight excluding hydrogens is 796 g/mol. The molecule has 9 heteroatoms. The standard InChI is InChI=1S/C46H36Cl4F2O2S/c47-41-13-5-1-9-33(41)17-19-37-29-45(51,25-21-35-11-3-7-15-43(35)49)27-23-39(37)31-55(53,54)32-40-24-28-46(52,26-22-36-12-4-8-16-44(36)50)30-38(40)20-18-34-10-2-6-14-42(34)48/h1-30,39-40H,31-32H2/b19-17+,20-18+,25-21+,26-22+. The van der Waals surface area contributed by atoms with Crippen molar-refractivity contribution >= 4 is 80.5 Å². The van der Waals surface area contributed by atoms with Crippen LogP contribution in [0.5, 0.6) is 0 Å². The summed E-state index contributed by atoms with van der Waals surface area (Å²) in [5, 5.41) is 1.95. The number of benzene rings is 4. The van der Waals surface area contributed by atoms with E-state index >= 15 is 8.78 Å². The van der Waals surface area contributed by atoms with Gasteiger partial charge in [-0.1, -0.05) is 168 Å². The molecule has 0 saturated heterocycles. The molecule has 0 heterocycles. The molecule has 0 radical (unpaired) electrons. The lowest BCUT2D eigenvalue weighted by molar-refractivity contribution is 0.362. The molecule has 4 atom stereocenters. The molecule has 4 unspecified atom stereocenters. The Hall–Kier alpha value is -4.23. The van der Waals surface area contributed by atoms with Gasteiger partial charge in [-0.05, 0) is 94.1 Å². The third-order valence-electron chi connectivity index (χ3n) is 9.24. The molecule has 2 nitrogen and oxygen atoms in total. The molecule has 0 bridgehead atoms. The van der Waals surface area contributed by atoms with Crippen LogP contribution in [0.15, 0.2) is 169 Å². The van der Waals surface area contributed by atoms with E-state index in [2.05, 4.69) is 0 Å². The summed E-state index contributed by atoms with van der Waals surface area (Å²) in [5.74, 6) is -1.99. The van der Waals surface area contributed by atoms with Gasteiger partial charge in [0.15, 0.2) is 21.2 Å². The fraction of sp³-hybridized carbons (Fsp3) is 0.130. The maximum Gasteiger partial charge on any atom is 0.166 e. The Balaban J connectivity index is 1.29. The molecule has 2 aliphatic rings. The summed E-state index contributed by atoms with van der Waals surface area (Å²) in [6.07, 6.45) is 21.6. The number of hydrogen-bond donors (Lipinski definition) is 0. The van der Waals surface area contributed by atoms with Gasteiger partial charge in [-0.15, -0.1) is 0 Å². The first kappa shape index (κ1) is 40.4. The van der Waals surface area contributed by atoms with Crippen molar-refractivity contribution in [2.45, 2.75) is 11.3 Å². The van der Waals surface area contributed by atoms with Crippen LogP contribution in [-0.4, -0.2) is 31.3 Å². The number of rotatable bonds is 12. The van der Waals surface area contributed by atoms with Crippen LogP contribution in [0.3, 0.4) is 0 Å². The van der Waals surface area contributed by atoms with Crippen molar-refractivity contribution in [1.82, 2.24) is 0 Å². The summed E-state index contributed by atoms with van der Waals surface area (Å²) in [6, 6.07) is 28.6.